The molecule has 3 rings (SSSR count). The van der Waals surface area contributed by atoms with Gasteiger partial charge in [0.2, 0.25) is 5.91 Å². The zero-order valence-electron chi connectivity index (χ0n) is 12.3. The summed E-state index contributed by atoms with van der Waals surface area (Å²) in [5, 5.41) is 7.25. The van der Waals surface area contributed by atoms with Crippen molar-refractivity contribution in [3.63, 3.8) is 0 Å². The Morgan fingerprint density at radius 1 is 1.43 bits per heavy atom. The van der Waals surface area contributed by atoms with Gasteiger partial charge < -0.3 is 15.8 Å². The minimum Gasteiger partial charge on any atom is -0.376 e. The summed E-state index contributed by atoms with van der Waals surface area (Å²) in [7, 11) is 0. The van der Waals surface area contributed by atoms with Gasteiger partial charge in [0.05, 0.1) is 24.5 Å². The van der Waals surface area contributed by atoms with Crippen LogP contribution in [0.25, 0.3) is 0 Å². The van der Waals surface area contributed by atoms with E-state index in [1.807, 2.05) is 10.9 Å². The van der Waals surface area contributed by atoms with Crippen molar-refractivity contribution in [1.29, 1.82) is 0 Å². The topological polar surface area (TPSA) is 82.2 Å². The largest absolute Gasteiger partial charge is 0.376 e. The molecule has 6 nitrogen and oxygen atoms in total. The lowest BCUT2D eigenvalue weighted by molar-refractivity contribution is -0.120. The lowest BCUT2D eigenvalue weighted by Crippen LogP contribution is -2.34. The molecule has 1 saturated carbocycles. The second kappa shape index (κ2) is 6.58. The fraction of sp³-hybridized carbons (Fsp3) is 0.733. The van der Waals surface area contributed by atoms with E-state index in [1.165, 1.54) is 0 Å². The summed E-state index contributed by atoms with van der Waals surface area (Å²) >= 11 is 0. The number of carbonyl (C=O) groups is 1. The number of aromatic nitrogens is 2. The van der Waals surface area contributed by atoms with Crippen LogP contribution in [0.1, 0.15) is 38.5 Å². The lowest BCUT2D eigenvalue weighted by Gasteiger charge is -2.25. The van der Waals surface area contributed by atoms with Crippen molar-refractivity contribution in [3.05, 3.63) is 12.4 Å². The number of anilines is 1. The van der Waals surface area contributed by atoms with Crippen LogP contribution in [-0.4, -0.2) is 34.4 Å². The van der Waals surface area contributed by atoms with E-state index in [9.17, 15) is 4.79 Å². The van der Waals surface area contributed by atoms with Gasteiger partial charge >= 0.3 is 0 Å². The quantitative estimate of drug-likeness (QED) is 0.881. The van der Waals surface area contributed by atoms with E-state index >= 15 is 0 Å². The van der Waals surface area contributed by atoms with E-state index in [0.29, 0.717) is 0 Å². The highest BCUT2D eigenvalue weighted by Gasteiger charge is 2.25. The molecule has 1 aliphatic heterocycles. The highest BCUT2D eigenvalue weighted by Crippen LogP contribution is 2.24. The smallest absolute Gasteiger partial charge is 0.227 e. The fourth-order valence-electron chi connectivity index (χ4n) is 3.23. The molecule has 1 aliphatic carbocycles. The van der Waals surface area contributed by atoms with Crippen LogP contribution in [0.4, 0.5) is 5.69 Å². The molecule has 0 radical (unpaired) electrons. The van der Waals surface area contributed by atoms with Gasteiger partial charge in [-0.05, 0) is 32.1 Å². The zero-order chi connectivity index (χ0) is 14.7. The van der Waals surface area contributed by atoms with Gasteiger partial charge in [0.15, 0.2) is 0 Å². The van der Waals surface area contributed by atoms with Crippen LogP contribution in [0, 0.1) is 5.92 Å². The molecule has 21 heavy (non-hydrogen) atoms. The van der Waals surface area contributed by atoms with E-state index in [-0.39, 0.29) is 24.0 Å². The molecule has 2 heterocycles. The molecule has 3 unspecified atom stereocenters. The molecule has 1 saturated heterocycles. The highest BCUT2D eigenvalue weighted by atomic mass is 16.5. The van der Waals surface area contributed by atoms with E-state index in [2.05, 4.69) is 10.4 Å². The van der Waals surface area contributed by atoms with Crippen LogP contribution in [0.3, 0.4) is 0 Å². The van der Waals surface area contributed by atoms with Gasteiger partial charge in [-0.2, -0.15) is 5.10 Å². The third kappa shape index (κ3) is 3.83. The Balaban J connectivity index is 1.52. The molecular formula is C15H24N4O2. The van der Waals surface area contributed by atoms with Crippen molar-refractivity contribution in [3.8, 4) is 0 Å². The summed E-state index contributed by atoms with van der Waals surface area (Å²) in [6.07, 6.45) is 9.83. The average Bonchev–Trinajstić information content (AvgIpc) is 3.11. The normalized spacial score (nSPS) is 29.5. The zero-order valence-corrected chi connectivity index (χ0v) is 12.3. The van der Waals surface area contributed by atoms with Crippen molar-refractivity contribution < 1.29 is 9.53 Å². The minimum atomic E-state index is 0.0373. The van der Waals surface area contributed by atoms with Gasteiger partial charge in [0.1, 0.15) is 0 Å². The van der Waals surface area contributed by atoms with Crippen LogP contribution in [-0.2, 0) is 16.1 Å². The third-order valence-electron chi connectivity index (χ3n) is 4.40. The monoisotopic (exact) mass is 292 g/mol. The van der Waals surface area contributed by atoms with Gasteiger partial charge in [-0.15, -0.1) is 0 Å². The summed E-state index contributed by atoms with van der Waals surface area (Å²) in [5.74, 6) is 0.108. The number of ether oxygens (including phenoxy) is 1. The van der Waals surface area contributed by atoms with Gasteiger partial charge in [0, 0.05) is 24.8 Å². The number of hydrogen-bond donors (Lipinski definition) is 2. The van der Waals surface area contributed by atoms with Crippen LogP contribution in [0.5, 0.6) is 0 Å². The highest BCUT2D eigenvalue weighted by molar-refractivity contribution is 5.92. The molecule has 0 spiro atoms. The molecule has 2 aliphatic rings. The summed E-state index contributed by atoms with van der Waals surface area (Å²) in [5.41, 5.74) is 6.70. The van der Waals surface area contributed by atoms with Gasteiger partial charge in [-0.1, -0.05) is 6.42 Å². The number of nitrogens with one attached hydrogen (secondary N) is 1. The second-order valence-corrected chi connectivity index (χ2v) is 6.20. The summed E-state index contributed by atoms with van der Waals surface area (Å²) in [6, 6.07) is 0.164. The first-order valence-corrected chi connectivity index (χ1v) is 7.91. The van der Waals surface area contributed by atoms with Crippen molar-refractivity contribution in [1.82, 2.24) is 9.78 Å². The SMILES string of the molecule is NC1CCCC(C(=O)Nc2cnn(CC3CCCO3)c2)C1. The van der Waals surface area contributed by atoms with Crippen LogP contribution in [0.2, 0.25) is 0 Å². The van der Waals surface area contributed by atoms with Gasteiger partial charge in [-0.3, -0.25) is 9.48 Å². The molecule has 6 heteroatoms. The van der Waals surface area contributed by atoms with E-state index in [4.69, 9.17) is 10.5 Å². The lowest BCUT2D eigenvalue weighted by atomic mass is 9.85. The molecule has 1 aromatic heterocycles. The Hall–Kier alpha value is -1.40. The first-order chi connectivity index (χ1) is 10.2. The van der Waals surface area contributed by atoms with Crippen molar-refractivity contribution in [2.24, 2.45) is 11.7 Å². The van der Waals surface area contributed by atoms with Crippen LogP contribution < -0.4 is 11.1 Å². The third-order valence-corrected chi connectivity index (χ3v) is 4.40. The molecule has 3 N–H and O–H groups in total. The Morgan fingerprint density at radius 3 is 3.10 bits per heavy atom. The molecular weight excluding hydrogens is 268 g/mol. The summed E-state index contributed by atoms with van der Waals surface area (Å²) < 4.78 is 7.44. The molecule has 0 bridgehead atoms. The number of carbonyl (C=O) groups excluding carboxylic acids is 1. The van der Waals surface area contributed by atoms with Crippen LogP contribution >= 0.6 is 0 Å². The molecule has 1 amide bonds. The maximum Gasteiger partial charge on any atom is 0.227 e. The first-order valence-electron chi connectivity index (χ1n) is 7.91. The van der Waals surface area contributed by atoms with E-state index in [1.54, 1.807) is 6.20 Å². The van der Waals surface area contributed by atoms with Gasteiger partial charge in [0.25, 0.3) is 0 Å². The Labute approximate surface area is 125 Å². The van der Waals surface area contributed by atoms with Crippen molar-refractivity contribution >= 4 is 11.6 Å². The molecule has 3 atom stereocenters. The average molecular weight is 292 g/mol. The maximum absolute atomic E-state index is 12.2. The first kappa shape index (κ1) is 14.5. The second-order valence-electron chi connectivity index (χ2n) is 6.20. The molecule has 1 aromatic rings. The van der Waals surface area contributed by atoms with Gasteiger partial charge in [-0.25, -0.2) is 0 Å². The fourth-order valence-corrected chi connectivity index (χ4v) is 3.23. The summed E-state index contributed by atoms with van der Waals surface area (Å²) in [4.78, 5) is 12.2. The standard InChI is InChI=1S/C15H24N4O2/c16-12-4-1-3-11(7-12)15(20)18-13-8-17-19(9-13)10-14-5-2-6-21-14/h8-9,11-12,14H,1-7,10,16H2,(H,18,20). The predicted molar refractivity (Wildman–Crippen MR) is 79.8 cm³/mol. The number of nitrogens with zero attached hydrogens (tertiary/aromatic N) is 2. The number of rotatable bonds is 4. The Kier molecular flexibility index (Phi) is 4.55. The minimum absolute atomic E-state index is 0.0373. The van der Waals surface area contributed by atoms with Crippen molar-refractivity contribution in [2.45, 2.75) is 57.2 Å². The van der Waals surface area contributed by atoms with E-state index < -0.39 is 0 Å². The summed E-state index contributed by atoms with van der Waals surface area (Å²) in [6.45, 7) is 1.60. The number of amides is 1. The number of hydrogen-bond acceptors (Lipinski definition) is 4. The Bertz CT molecular complexity index is 482. The molecule has 2 fully saturated rings. The van der Waals surface area contributed by atoms with Crippen LogP contribution in [0.15, 0.2) is 12.4 Å². The molecule has 116 valence electrons. The number of nitrogens with two attached hydrogens (primary N) is 1. The Morgan fingerprint density at radius 2 is 2.33 bits per heavy atom. The van der Waals surface area contributed by atoms with E-state index in [0.717, 1.165) is 57.4 Å². The molecule has 0 aromatic carbocycles. The predicted octanol–water partition coefficient (Wildman–Crippen LogP) is 1.52. The van der Waals surface area contributed by atoms with Crippen molar-refractivity contribution in [2.75, 3.05) is 11.9 Å². The maximum atomic E-state index is 12.2.